The van der Waals surface area contributed by atoms with Crippen LogP contribution in [0.25, 0.3) is 0 Å². The fourth-order valence-corrected chi connectivity index (χ4v) is 1.16. The van der Waals surface area contributed by atoms with Gasteiger partial charge in [-0.3, -0.25) is 0 Å². The molecule has 0 aromatic heterocycles. The summed E-state index contributed by atoms with van der Waals surface area (Å²) in [5, 5.41) is 0. The first kappa shape index (κ1) is 11.6. The van der Waals surface area contributed by atoms with Gasteiger partial charge >= 0.3 is 0 Å². The van der Waals surface area contributed by atoms with Gasteiger partial charge in [-0.05, 0) is 19.3 Å². The van der Waals surface area contributed by atoms with E-state index in [2.05, 4.69) is 13.8 Å². The third-order valence-electron chi connectivity index (χ3n) is 2.02. The highest BCUT2D eigenvalue weighted by Crippen LogP contribution is 2.13. The van der Waals surface area contributed by atoms with E-state index >= 15 is 0 Å². The molecule has 0 N–H and O–H groups in total. The molecule has 0 fully saturated rings. The van der Waals surface area contributed by atoms with Crippen molar-refractivity contribution in [1.82, 2.24) is 0 Å². The van der Waals surface area contributed by atoms with Gasteiger partial charge in [0, 0.05) is 6.61 Å². The topological polar surface area (TPSA) is 26.3 Å². The first-order chi connectivity index (χ1) is 5.76. The molecule has 12 heavy (non-hydrogen) atoms. The molecule has 0 aromatic carbocycles. The van der Waals surface area contributed by atoms with Gasteiger partial charge in [0.05, 0.1) is 0 Å². The molecule has 0 aliphatic heterocycles. The summed E-state index contributed by atoms with van der Waals surface area (Å²) in [6, 6.07) is 0. The van der Waals surface area contributed by atoms with Crippen LogP contribution < -0.4 is 0 Å². The number of unbranched alkanes of at least 4 members (excludes halogenated alkanes) is 1. The predicted octanol–water partition coefficient (Wildman–Crippen LogP) is 2.23. The molecule has 0 saturated heterocycles. The number of hydrogen-bond donors (Lipinski definition) is 0. The zero-order valence-corrected chi connectivity index (χ0v) is 8.08. The Balaban J connectivity index is 3.68. The van der Waals surface area contributed by atoms with Gasteiger partial charge in [0.1, 0.15) is 12.4 Å². The number of hydrogen-bond acceptors (Lipinski definition) is 2. The van der Waals surface area contributed by atoms with Crippen LogP contribution in [0.3, 0.4) is 0 Å². The fourth-order valence-electron chi connectivity index (χ4n) is 1.16. The highest BCUT2D eigenvalue weighted by atomic mass is 16.5. The minimum absolute atomic E-state index is 0.256. The number of carbonyl (C=O) groups is 1. The molecule has 2 heteroatoms. The van der Waals surface area contributed by atoms with Crippen LogP contribution in [0.5, 0.6) is 0 Å². The van der Waals surface area contributed by atoms with E-state index in [1.807, 2.05) is 6.92 Å². The van der Waals surface area contributed by atoms with Crippen molar-refractivity contribution in [2.75, 3.05) is 6.61 Å². The van der Waals surface area contributed by atoms with E-state index in [1.54, 1.807) is 0 Å². The van der Waals surface area contributed by atoms with Crippen LogP contribution in [-0.4, -0.2) is 19.0 Å². The summed E-state index contributed by atoms with van der Waals surface area (Å²) in [5.41, 5.74) is 0. The molecule has 2 nitrogen and oxygen atoms in total. The predicted molar refractivity (Wildman–Crippen MR) is 49.9 cm³/mol. The van der Waals surface area contributed by atoms with Gasteiger partial charge in [0.2, 0.25) is 0 Å². The van der Waals surface area contributed by atoms with Crippen molar-refractivity contribution in [2.24, 2.45) is 5.92 Å². The summed E-state index contributed by atoms with van der Waals surface area (Å²) in [6.45, 7) is 8.12. The van der Waals surface area contributed by atoms with Crippen molar-refractivity contribution in [2.45, 2.75) is 39.2 Å². The molecule has 0 saturated carbocycles. The number of aldehydes is 1. The third kappa shape index (κ3) is 4.50. The van der Waals surface area contributed by atoms with Crippen molar-refractivity contribution in [3.8, 4) is 0 Å². The van der Waals surface area contributed by atoms with E-state index in [4.69, 9.17) is 4.74 Å². The van der Waals surface area contributed by atoms with Gasteiger partial charge in [-0.1, -0.05) is 26.7 Å². The summed E-state index contributed by atoms with van der Waals surface area (Å²) in [5.74, 6) is 0.323. The Morgan fingerprint density at radius 3 is 2.67 bits per heavy atom. The van der Waals surface area contributed by atoms with Crippen LogP contribution in [0.1, 0.15) is 33.1 Å². The van der Waals surface area contributed by atoms with Crippen molar-refractivity contribution in [1.29, 1.82) is 0 Å². The molecular weight excluding hydrogens is 152 g/mol. The molecule has 0 aromatic rings. The highest BCUT2D eigenvalue weighted by molar-refractivity contribution is 5.56. The van der Waals surface area contributed by atoms with Gasteiger partial charge in [0.15, 0.2) is 0 Å². The molecule has 0 rings (SSSR count). The largest absolute Gasteiger partial charge is 0.370 e. The summed E-state index contributed by atoms with van der Waals surface area (Å²) in [6.07, 6.45) is 4.01. The van der Waals surface area contributed by atoms with Crippen LogP contribution in [-0.2, 0) is 9.53 Å². The third-order valence-corrected chi connectivity index (χ3v) is 2.02. The quantitative estimate of drug-likeness (QED) is 0.549. The van der Waals surface area contributed by atoms with Crippen molar-refractivity contribution in [3.63, 3.8) is 0 Å². The molecule has 0 aliphatic carbocycles. The first-order valence-corrected chi connectivity index (χ1v) is 4.62. The van der Waals surface area contributed by atoms with E-state index in [-0.39, 0.29) is 6.10 Å². The Bertz CT molecular complexity index is 112. The van der Waals surface area contributed by atoms with Crippen molar-refractivity contribution < 1.29 is 9.53 Å². The second-order valence-corrected chi connectivity index (χ2v) is 3.09. The number of carbonyl (C=O) groups excluding carboxylic acids is 1. The van der Waals surface area contributed by atoms with Gasteiger partial charge in [0.25, 0.3) is 0 Å². The standard InChI is InChI=1S/C10H19O2/c1-4-6-7-9(3)10(8-11)12-5-2/h8-10H,2,4-7H2,1,3H3. The van der Waals surface area contributed by atoms with Crippen LogP contribution >= 0.6 is 0 Å². The summed E-state index contributed by atoms with van der Waals surface area (Å²) in [4.78, 5) is 10.5. The normalized spacial score (nSPS) is 15.6. The average molecular weight is 171 g/mol. The van der Waals surface area contributed by atoms with Crippen LogP contribution in [0, 0.1) is 12.8 Å². The summed E-state index contributed by atoms with van der Waals surface area (Å²) in [7, 11) is 0. The molecule has 0 spiro atoms. The summed E-state index contributed by atoms with van der Waals surface area (Å²) < 4.78 is 5.17. The van der Waals surface area contributed by atoms with Crippen LogP contribution in [0.15, 0.2) is 0 Å². The van der Waals surface area contributed by atoms with E-state index in [0.717, 1.165) is 19.1 Å². The van der Waals surface area contributed by atoms with Gasteiger partial charge in [-0.25, -0.2) is 0 Å². The van der Waals surface area contributed by atoms with Crippen LogP contribution in [0.2, 0.25) is 0 Å². The van der Waals surface area contributed by atoms with Gasteiger partial charge in [-0.2, -0.15) is 0 Å². The van der Waals surface area contributed by atoms with E-state index in [1.165, 1.54) is 6.42 Å². The zero-order chi connectivity index (χ0) is 9.40. The zero-order valence-electron chi connectivity index (χ0n) is 8.08. The maximum Gasteiger partial charge on any atom is 0.149 e. The smallest absolute Gasteiger partial charge is 0.149 e. The lowest BCUT2D eigenvalue weighted by molar-refractivity contribution is -0.120. The molecular formula is C10H19O2. The molecule has 1 radical (unpaired) electrons. The highest BCUT2D eigenvalue weighted by Gasteiger charge is 2.15. The van der Waals surface area contributed by atoms with Crippen molar-refractivity contribution in [3.05, 3.63) is 6.92 Å². The second-order valence-electron chi connectivity index (χ2n) is 3.09. The molecule has 0 bridgehead atoms. The van der Waals surface area contributed by atoms with E-state index in [9.17, 15) is 4.79 Å². The van der Waals surface area contributed by atoms with E-state index in [0.29, 0.717) is 12.5 Å². The maximum atomic E-state index is 10.5. The Hall–Kier alpha value is -0.370. The fraction of sp³-hybridized carbons (Fsp3) is 0.800. The summed E-state index contributed by atoms with van der Waals surface area (Å²) >= 11 is 0. The number of rotatable bonds is 7. The second kappa shape index (κ2) is 7.29. The minimum Gasteiger partial charge on any atom is -0.370 e. The van der Waals surface area contributed by atoms with Crippen molar-refractivity contribution >= 4 is 6.29 Å². The number of ether oxygens (including phenoxy) is 1. The maximum absolute atomic E-state index is 10.5. The Morgan fingerprint density at radius 2 is 2.25 bits per heavy atom. The van der Waals surface area contributed by atoms with Crippen LogP contribution in [0.4, 0.5) is 0 Å². The van der Waals surface area contributed by atoms with Gasteiger partial charge in [-0.15, -0.1) is 0 Å². The lowest BCUT2D eigenvalue weighted by Crippen LogP contribution is -2.23. The SMILES string of the molecule is [CH2]COC(C=O)C(C)CCCC. The molecule has 0 amide bonds. The Morgan fingerprint density at radius 1 is 1.58 bits per heavy atom. The Kier molecular flexibility index (Phi) is 7.06. The molecule has 2 unspecified atom stereocenters. The molecule has 0 aliphatic rings. The molecule has 2 atom stereocenters. The lowest BCUT2D eigenvalue weighted by atomic mass is 9.99. The molecule has 71 valence electrons. The van der Waals surface area contributed by atoms with E-state index < -0.39 is 0 Å². The molecule has 0 heterocycles. The van der Waals surface area contributed by atoms with Gasteiger partial charge < -0.3 is 9.53 Å². The average Bonchev–Trinajstić information content (AvgIpc) is 2.10. The monoisotopic (exact) mass is 171 g/mol. The minimum atomic E-state index is -0.256. The Labute approximate surface area is 75.3 Å². The first-order valence-electron chi connectivity index (χ1n) is 4.62. The lowest BCUT2D eigenvalue weighted by Gasteiger charge is -2.17.